The van der Waals surface area contributed by atoms with E-state index in [4.69, 9.17) is 11.6 Å². The monoisotopic (exact) mass is 852 g/mol. The second kappa shape index (κ2) is 19.2. The summed E-state index contributed by atoms with van der Waals surface area (Å²) < 4.78 is 100. The predicted octanol–water partition coefficient (Wildman–Crippen LogP) is 10.8. The molecule has 3 N–H and O–H groups in total. The van der Waals surface area contributed by atoms with Gasteiger partial charge in [0, 0.05) is 5.88 Å². The molecule has 5 aromatic carbocycles. The Bertz CT molecular complexity index is 2390. The van der Waals surface area contributed by atoms with Crippen LogP contribution in [0.25, 0.3) is 0 Å². The van der Waals surface area contributed by atoms with E-state index in [1.807, 2.05) is 30.3 Å². The molecule has 5 unspecified atom stereocenters. The number of benzene rings is 5. The first-order valence-electron chi connectivity index (χ1n) is 18.9. The van der Waals surface area contributed by atoms with Crippen molar-refractivity contribution < 1.29 is 38.9 Å². The largest absolute Gasteiger partial charge is 0.294 e. The first-order chi connectivity index (χ1) is 27.0. The molecule has 5 rings (SSSR count). The number of rotatable bonds is 19. The highest BCUT2D eigenvalue weighted by molar-refractivity contribution is 7.86. The SMILES string of the molecule is CCC(CC(CC(CC(CC(CC)c1ccc(S(=O)(=O)O)cc1)c1ccc(CCl)cc1)c1ccc(S(=O)(=O)O)cc1)c1ccccc1)c1ccc(S(=O)(=O)O)cc1. The highest BCUT2D eigenvalue weighted by atomic mass is 35.5. The zero-order valence-corrected chi connectivity index (χ0v) is 35.1. The molecule has 0 saturated heterocycles. The maximum absolute atomic E-state index is 12.1. The molecule has 0 fully saturated rings. The summed E-state index contributed by atoms with van der Waals surface area (Å²) in [4.78, 5) is -0.537. The fourth-order valence-electron chi connectivity index (χ4n) is 7.90. The van der Waals surface area contributed by atoms with Crippen molar-refractivity contribution in [3.05, 3.63) is 161 Å². The minimum Gasteiger partial charge on any atom is -0.282 e. The molecule has 0 aliphatic heterocycles. The van der Waals surface area contributed by atoms with Crippen molar-refractivity contribution >= 4 is 42.0 Å². The number of hydrogen-bond donors (Lipinski definition) is 3. The van der Waals surface area contributed by atoms with Gasteiger partial charge in [0.2, 0.25) is 0 Å². The van der Waals surface area contributed by atoms with Gasteiger partial charge in [-0.25, -0.2) is 0 Å². The Morgan fingerprint density at radius 2 is 0.667 bits per heavy atom. The van der Waals surface area contributed by atoms with Crippen LogP contribution in [0.2, 0.25) is 0 Å². The molecule has 0 aliphatic rings. The molecular formula is C44H49ClO9S3. The fraction of sp³-hybridized carbons (Fsp3) is 0.318. The molecule has 0 heterocycles. The van der Waals surface area contributed by atoms with E-state index in [2.05, 4.69) is 38.1 Å². The molecule has 0 aliphatic carbocycles. The van der Waals surface area contributed by atoms with E-state index >= 15 is 0 Å². The third-order valence-electron chi connectivity index (χ3n) is 11.1. The van der Waals surface area contributed by atoms with E-state index in [1.54, 1.807) is 36.4 Å². The van der Waals surface area contributed by atoms with Crippen LogP contribution in [0.4, 0.5) is 0 Å². The van der Waals surface area contributed by atoms with Crippen LogP contribution in [0.5, 0.6) is 0 Å². The van der Waals surface area contributed by atoms with Gasteiger partial charge in [0.1, 0.15) is 0 Å². The van der Waals surface area contributed by atoms with E-state index in [-0.39, 0.29) is 44.3 Å². The molecule has 0 radical (unpaired) electrons. The van der Waals surface area contributed by atoms with Crippen LogP contribution in [-0.4, -0.2) is 38.9 Å². The van der Waals surface area contributed by atoms with Gasteiger partial charge in [0.15, 0.2) is 0 Å². The van der Waals surface area contributed by atoms with Crippen LogP contribution >= 0.6 is 11.6 Å². The Morgan fingerprint density at radius 1 is 0.404 bits per heavy atom. The lowest BCUT2D eigenvalue weighted by molar-refractivity contribution is 0.400. The van der Waals surface area contributed by atoms with Gasteiger partial charge in [-0.1, -0.05) is 105 Å². The molecular weight excluding hydrogens is 804 g/mol. The molecule has 5 atom stereocenters. The molecule has 57 heavy (non-hydrogen) atoms. The third kappa shape index (κ3) is 12.1. The summed E-state index contributed by atoms with van der Waals surface area (Å²) in [6.07, 6.45) is 4.29. The van der Waals surface area contributed by atoms with Crippen LogP contribution in [0, 0.1) is 0 Å². The summed E-state index contributed by atoms with van der Waals surface area (Å²) in [6, 6.07) is 37.4. The van der Waals surface area contributed by atoms with Gasteiger partial charge in [-0.05, 0) is 138 Å². The van der Waals surface area contributed by atoms with Gasteiger partial charge >= 0.3 is 0 Å². The summed E-state index contributed by atoms with van der Waals surface area (Å²) in [7, 11) is -13.1. The quantitative estimate of drug-likeness (QED) is 0.0542. The van der Waals surface area contributed by atoms with Crippen molar-refractivity contribution in [1.82, 2.24) is 0 Å². The maximum atomic E-state index is 12.1. The Hall–Kier alpha value is -3.88. The van der Waals surface area contributed by atoms with Crippen molar-refractivity contribution in [1.29, 1.82) is 0 Å². The topological polar surface area (TPSA) is 163 Å². The van der Waals surface area contributed by atoms with E-state index < -0.39 is 30.4 Å². The first kappa shape index (κ1) is 44.2. The average molecular weight is 854 g/mol. The molecule has 5 aromatic rings. The smallest absolute Gasteiger partial charge is 0.282 e. The van der Waals surface area contributed by atoms with Crippen LogP contribution < -0.4 is 0 Å². The molecule has 0 aromatic heterocycles. The molecule has 0 amide bonds. The molecule has 304 valence electrons. The lowest BCUT2D eigenvalue weighted by Gasteiger charge is -2.32. The van der Waals surface area contributed by atoms with Crippen LogP contribution in [0.3, 0.4) is 0 Å². The molecule has 0 spiro atoms. The standard InChI is InChI=1S/C44H49ClO9S3/c1-3-32(35-14-20-42(21-15-35)55(46,47)48)26-39(34-8-6-5-7-9-34)28-41(38-18-24-44(25-19-38)57(52,53)54)29-40(37-12-10-31(30-45)11-13-37)27-33(4-2)36-16-22-43(23-17-36)56(49,50)51/h5-25,32-33,39-41H,3-4,26-30H2,1-2H3,(H,46,47,48)(H,49,50,51)(H,52,53,54). The summed E-state index contributed by atoms with van der Waals surface area (Å²) >= 11 is 6.18. The molecule has 9 nitrogen and oxygen atoms in total. The minimum absolute atomic E-state index is 0.0119. The molecule has 0 bridgehead atoms. The van der Waals surface area contributed by atoms with E-state index in [0.29, 0.717) is 25.1 Å². The van der Waals surface area contributed by atoms with Gasteiger partial charge in [-0.15, -0.1) is 11.6 Å². The number of hydrogen-bond acceptors (Lipinski definition) is 6. The van der Waals surface area contributed by atoms with Crippen LogP contribution in [0.15, 0.2) is 142 Å². The van der Waals surface area contributed by atoms with Crippen molar-refractivity contribution in [3.8, 4) is 0 Å². The normalized spacial score (nSPS) is 15.1. The zero-order valence-electron chi connectivity index (χ0n) is 31.9. The number of alkyl halides is 1. The van der Waals surface area contributed by atoms with Gasteiger partial charge in [-0.2, -0.15) is 25.3 Å². The second-order valence-corrected chi connectivity index (χ2v) is 19.2. The fourth-order valence-corrected chi connectivity index (χ4v) is 9.51. The predicted molar refractivity (Wildman–Crippen MR) is 224 cm³/mol. The molecule has 13 heteroatoms. The first-order valence-corrected chi connectivity index (χ1v) is 23.8. The third-order valence-corrected chi connectivity index (χ3v) is 14.0. The van der Waals surface area contributed by atoms with Crippen molar-refractivity contribution in [2.24, 2.45) is 0 Å². The lowest BCUT2D eigenvalue weighted by Crippen LogP contribution is -2.15. The second-order valence-electron chi connectivity index (χ2n) is 14.7. The Balaban J connectivity index is 1.57. The summed E-state index contributed by atoms with van der Waals surface area (Å²) in [5.74, 6) is 0.322. The Morgan fingerprint density at radius 3 is 0.947 bits per heavy atom. The van der Waals surface area contributed by atoms with E-state index in [0.717, 1.165) is 52.6 Å². The highest BCUT2D eigenvalue weighted by Crippen LogP contribution is 2.45. The van der Waals surface area contributed by atoms with Crippen LogP contribution in [-0.2, 0) is 36.2 Å². The van der Waals surface area contributed by atoms with Crippen LogP contribution in [0.1, 0.15) is 115 Å². The zero-order chi connectivity index (χ0) is 41.4. The summed E-state index contributed by atoms with van der Waals surface area (Å²) in [5.41, 5.74) is 5.99. The Labute approximate surface area is 342 Å². The number of halogens is 1. The van der Waals surface area contributed by atoms with Gasteiger partial charge in [0.25, 0.3) is 30.4 Å². The van der Waals surface area contributed by atoms with Gasteiger partial charge in [-0.3, -0.25) is 13.7 Å². The van der Waals surface area contributed by atoms with Crippen molar-refractivity contribution in [2.75, 3.05) is 0 Å². The van der Waals surface area contributed by atoms with Crippen molar-refractivity contribution in [3.63, 3.8) is 0 Å². The molecule has 0 saturated carbocycles. The average Bonchev–Trinajstić information content (AvgIpc) is 3.20. The minimum atomic E-state index is -4.43. The lowest BCUT2D eigenvalue weighted by atomic mass is 9.73. The van der Waals surface area contributed by atoms with Crippen molar-refractivity contribution in [2.45, 2.75) is 103 Å². The maximum Gasteiger partial charge on any atom is 0.294 e. The summed E-state index contributed by atoms with van der Waals surface area (Å²) in [5, 5.41) is 0. The van der Waals surface area contributed by atoms with Gasteiger partial charge in [0.05, 0.1) is 14.7 Å². The highest BCUT2D eigenvalue weighted by Gasteiger charge is 2.29. The summed E-state index contributed by atoms with van der Waals surface area (Å²) in [6.45, 7) is 4.17. The van der Waals surface area contributed by atoms with E-state index in [9.17, 15) is 38.9 Å². The Kier molecular flexibility index (Phi) is 14.9. The van der Waals surface area contributed by atoms with E-state index in [1.165, 1.54) is 36.4 Å². The van der Waals surface area contributed by atoms with Gasteiger partial charge < -0.3 is 0 Å².